The first-order valence-electron chi connectivity index (χ1n) is 5.34. The van der Waals surface area contributed by atoms with E-state index in [1.807, 2.05) is 0 Å². The molecule has 106 valence electrons. The maximum absolute atomic E-state index is 12.7. The quantitative estimate of drug-likeness (QED) is 0.882. The Morgan fingerprint density at radius 1 is 1.45 bits per heavy atom. The summed E-state index contributed by atoms with van der Waals surface area (Å²) in [6.45, 7) is 0. The summed E-state index contributed by atoms with van der Waals surface area (Å²) in [5.41, 5.74) is -1.95. The van der Waals surface area contributed by atoms with Gasteiger partial charge in [-0.1, -0.05) is 0 Å². The highest BCUT2D eigenvalue weighted by Gasteiger charge is 2.39. The summed E-state index contributed by atoms with van der Waals surface area (Å²) >= 11 is 0. The number of nitrogens with zero attached hydrogens (tertiary/aromatic N) is 3. The lowest BCUT2D eigenvalue weighted by molar-refractivity contribution is -0.141. The molecule has 2 heterocycles. The van der Waals surface area contributed by atoms with Gasteiger partial charge in [0.2, 0.25) is 0 Å². The molecule has 1 amide bonds. The molecule has 9 heteroatoms. The van der Waals surface area contributed by atoms with Crippen molar-refractivity contribution in [3.8, 4) is 5.75 Å². The van der Waals surface area contributed by atoms with Gasteiger partial charge >= 0.3 is 6.18 Å². The third-order valence-corrected chi connectivity index (χ3v) is 2.39. The van der Waals surface area contributed by atoms with Crippen LogP contribution in [-0.2, 0) is 13.2 Å². The van der Waals surface area contributed by atoms with Crippen molar-refractivity contribution < 1.29 is 23.1 Å². The Morgan fingerprint density at radius 3 is 2.75 bits per heavy atom. The zero-order chi connectivity index (χ0) is 14.9. The molecule has 0 aliphatic heterocycles. The number of halogens is 3. The molecule has 0 unspecified atom stereocenters. The first kappa shape index (κ1) is 13.8. The molecule has 2 aromatic rings. The third kappa shape index (κ3) is 2.71. The van der Waals surface area contributed by atoms with Crippen molar-refractivity contribution in [2.45, 2.75) is 6.18 Å². The summed E-state index contributed by atoms with van der Waals surface area (Å²) in [4.78, 5) is 15.4. The molecular weight excluding hydrogens is 277 g/mol. The van der Waals surface area contributed by atoms with Gasteiger partial charge in [-0.3, -0.25) is 14.5 Å². The second-order valence-electron chi connectivity index (χ2n) is 3.91. The van der Waals surface area contributed by atoms with Gasteiger partial charge < -0.3 is 10.4 Å². The number of carbonyl (C=O) groups is 1. The standard InChI is InChI=1S/C11H9F3N4O2/c1-18-5-6(9(17-18)11(12,13)14)10(20)16-7-2-3-15-4-8(7)19/h2-5,19H,1H3,(H,15,16,20). The number of pyridine rings is 1. The van der Waals surface area contributed by atoms with Crippen LogP contribution in [0.1, 0.15) is 16.1 Å². The Bertz CT molecular complexity index is 651. The van der Waals surface area contributed by atoms with Gasteiger partial charge in [0.05, 0.1) is 17.4 Å². The number of anilines is 1. The smallest absolute Gasteiger partial charge is 0.435 e. The van der Waals surface area contributed by atoms with Crippen LogP contribution >= 0.6 is 0 Å². The van der Waals surface area contributed by atoms with Crippen LogP contribution in [0.4, 0.5) is 18.9 Å². The highest BCUT2D eigenvalue weighted by atomic mass is 19.4. The number of aryl methyl sites for hydroxylation is 1. The predicted molar refractivity (Wildman–Crippen MR) is 62.1 cm³/mol. The van der Waals surface area contributed by atoms with E-state index in [-0.39, 0.29) is 11.4 Å². The maximum atomic E-state index is 12.7. The first-order chi connectivity index (χ1) is 9.29. The number of rotatable bonds is 2. The van der Waals surface area contributed by atoms with Crippen molar-refractivity contribution in [1.29, 1.82) is 0 Å². The fourth-order valence-corrected chi connectivity index (χ4v) is 1.55. The monoisotopic (exact) mass is 286 g/mol. The first-order valence-corrected chi connectivity index (χ1v) is 5.34. The van der Waals surface area contributed by atoms with Gasteiger partial charge in [-0.25, -0.2) is 0 Å². The number of aromatic hydroxyl groups is 1. The Kier molecular flexibility index (Phi) is 3.35. The summed E-state index contributed by atoms with van der Waals surface area (Å²) < 4.78 is 39.1. The number of amides is 1. The van der Waals surface area contributed by atoms with E-state index in [4.69, 9.17) is 0 Å². The molecule has 0 spiro atoms. The molecule has 0 fully saturated rings. The van der Waals surface area contributed by atoms with Gasteiger partial charge in [0.1, 0.15) is 0 Å². The lowest BCUT2D eigenvalue weighted by atomic mass is 10.2. The number of carbonyl (C=O) groups excluding carboxylic acids is 1. The average molecular weight is 286 g/mol. The van der Waals surface area contributed by atoms with Crippen LogP contribution in [-0.4, -0.2) is 25.8 Å². The summed E-state index contributed by atoms with van der Waals surface area (Å²) in [5.74, 6) is -1.37. The zero-order valence-electron chi connectivity index (χ0n) is 10.1. The Morgan fingerprint density at radius 2 is 2.15 bits per heavy atom. The van der Waals surface area contributed by atoms with E-state index >= 15 is 0 Å². The van der Waals surface area contributed by atoms with Crippen LogP contribution in [0.15, 0.2) is 24.7 Å². The Balaban J connectivity index is 2.33. The maximum Gasteiger partial charge on any atom is 0.435 e. The highest BCUT2D eigenvalue weighted by Crippen LogP contribution is 2.31. The molecule has 0 aliphatic rings. The number of nitrogens with one attached hydrogen (secondary N) is 1. The topological polar surface area (TPSA) is 80.0 Å². The molecule has 20 heavy (non-hydrogen) atoms. The highest BCUT2D eigenvalue weighted by molar-refractivity contribution is 6.05. The molecule has 0 radical (unpaired) electrons. The van der Waals surface area contributed by atoms with E-state index in [1.165, 1.54) is 19.3 Å². The van der Waals surface area contributed by atoms with Gasteiger partial charge in [-0.05, 0) is 6.07 Å². The van der Waals surface area contributed by atoms with Crippen LogP contribution in [0, 0.1) is 0 Å². The van der Waals surface area contributed by atoms with Crippen molar-refractivity contribution in [3.63, 3.8) is 0 Å². The van der Waals surface area contributed by atoms with E-state index in [1.54, 1.807) is 0 Å². The Hall–Kier alpha value is -2.58. The van der Waals surface area contributed by atoms with Crippen molar-refractivity contribution >= 4 is 11.6 Å². The molecule has 0 aromatic carbocycles. The molecule has 6 nitrogen and oxygen atoms in total. The summed E-state index contributed by atoms with van der Waals surface area (Å²) in [6, 6.07) is 1.26. The second-order valence-corrected chi connectivity index (χ2v) is 3.91. The van der Waals surface area contributed by atoms with E-state index < -0.39 is 23.3 Å². The van der Waals surface area contributed by atoms with Crippen LogP contribution in [0.25, 0.3) is 0 Å². The van der Waals surface area contributed by atoms with Crippen molar-refractivity contribution in [2.24, 2.45) is 7.05 Å². The minimum atomic E-state index is -4.74. The molecule has 0 bridgehead atoms. The molecule has 0 atom stereocenters. The SMILES string of the molecule is Cn1cc(C(=O)Nc2ccncc2O)c(C(F)(F)F)n1. The van der Waals surface area contributed by atoms with Crippen LogP contribution < -0.4 is 5.32 Å². The summed E-state index contributed by atoms with van der Waals surface area (Å²) in [6.07, 6.45) is -1.45. The Labute approximate surface area is 110 Å². The zero-order valence-corrected chi connectivity index (χ0v) is 10.1. The number of hydrogen-bond donors (Lipinski definition) is 2. The van der Waals surface area contributed by atoms with Crippen LogP contribution in [0.3, 0.4) is 0 Å². The normalized spacial score (nSPS) is 11.4. The molecule has 2 aromatic heterocycles. The lowest BCUT2D eigenvalue weighted by Crippen LogP contribution is -2.17. The van der Waals surface area contributed by atoms with Gasteiger partial charge in [-0.15, -0.1) is 0 Å². The fraction of sp³-hybridized carbons (Fsp3) is 0.182. The average Bonchev–Trinajstić information content (AvgIpc) is 2.74. The van der Waals surface area contributed by atoms with Gasteiger partial charge in [-0.2, -0.15) is 18.3 Å². The second kappa shape index (κ2) is 4.83. The molecule has 2 N–H and O–H groups in total. The van der Waals surface area contributed by atoms with E-state index in [9.17, 15) is 23.1 Å². The summed E-state index contributed by atoms with van der Waals surface area (Å²) in [7, 11) is 1.27. The number of alkyl halides is 3. The lowest BCUT2D eigenvalue weighted by Gasteiger charge is -2.08. The minimum Gasteiger partial charge on any atom is -0.504 e. The molecular formula is C11H9F3N4O2. The van der Waals surface area contributed by atoms with Gasteiger partial charge in [0.15, 0.2) is 11.4 Å². The van der Waals surface area contributed by atoms with Crippen LogP contribution in [0.5, 0.6) is 5.75 Å². The number of hydrogen-bond acceptors (Lipinski definition) is 4. The molecule has 0 saturated heterocycles. The van der Waals surface area contributed by atoms with Crippen LogP contribution in [0.2, 0.25) is 0 Å². The van der Waals surface area contributed by atoms with E-state index in [2.05, 4.69) is 15.4 Å². The predicted octanol–water partition coefficient (Wildman–Crippen LogP) is 1.79. The molecule has 0 aliphatic carbocycles. The number of aromatic nitrogens is 3. The summed E-state index contributed by atoms with van der Waals surface area (Å²) in [5, 5.41) is 14.8. The van der Waals surface area contributed by atoms with Gasteiger partial charge in [0, 0.05) is 19.4 Å². The van der Waals surface area contributed by atoms with Crippen molar-refractivity contribution in [3.05, 3.63) is 35.9 Å². The van der Waals surface area contributed by atoms with E-state index in [0.717, 1.165) is 17.1 Å². The van der Waals surface area contributed by atoms with Crippen molar-refractivity contribution in [1.82, 2.24) is 14.8 Å². The minimum absolute atomic E-state index is 0.0398. The van der Waals surface area contributed by atoms with E-state index in [0.29, 0.717) is 0 Å². The van der Waals surface area contributed by atoms with Gasteiger partial charge in [0.25, 0.3) is 5.91 Å². The molecule has 2 rings (SSSR count). The largest absolute Gasteiger partial charge is 0.504 e. The fourth-order valence-electron chi connectivity index (χ4n) is 1.55. The molecule has 0 saturated carbocycles. The third-order valence-electron chi connectivity index (χ3n) is 2.39. The van der Waals surface area contributed by atoms with Crippen molar-refractivity contribution in [2.75, 3.05) is 5.32 Å².